The summed E-state index contributed by atoms with van der Waals surface area (Å²) in [6, 6.07) is 8.52. The van der Waals surface area contributed by atoms with Crippen molar-refractivity contribution in [1.29, 1.82) is 5.26 Å². The maximum atomic E-state index is 11.9. The van der Waals surface area contributed by atoms with Crippen LogP contribution in [0.2, 0.25) is 0 Å². The Morgan fingerprint density at radius 1 is 1.40 bits per heavy atom. The molecule has 1 N–H and O–H groups in total. The number of hydrogen-bond donors (Lipinski definition) is 1. The number of nitro benzene ring substituents is 1. The Balaban J connectivity index is 2.20. The molecule has 1 heterocycles. The Labute approximate surface area is 113 Å². The van der Waals surface area contributed by atoms with Crippen molar-refractivity contribution < 1.29 is 14.1 Å². The summed E-state index contributed by atoms with van der Waals surface area (Å²) >= 11 is 0. The number of amides is 1. The van der Waals surface area contributed by atoms with Gasteiger partial charge in [-0.15, -0.1) is 0 Å². The van der Waals surface area contributed by atoms with E-state index in [-0.39, 0.29) is 22.7 Å². The first-order chi connectivity index (χ1) is 9.51. The molecule has 0 saturated carbocycles. The van der Waals surface area contributed by atoms with Gasteiger partial charge >= 0.3 is 0 Å². The first-order valence-electron chi connectivity index (χ1n) is 5.57. The molecule has 0 fully saturated rings. The molecule has 100 valence electrons. The third-order valence-corrected chi connectivity index (χ3v) is 2.54. The van der Waals surface area contributed by atoms with Crippen LogP contribution >= 0.6 is 0 Å². The lowest BCUT2D eigenvalue weighted by Gasteiger charge is -2.02. The standard InChI is InChI=1S/C13H9N3O4/c1-8-6-10(7-14)13(20-8)15-12(17)9-2-4-11(5-3-9)16(18)19/h2-6H,1H3,(H,15,17). The maximum absolute atomic E-state index is 11.9. The van der Waals surface area contributed by atoms with Crippen LogP contribution in [0.3, 0.4) is 0 Å². The fraction of sp³-hybridized carbons (Fsp3) is 0.0769. The average molecular weight is 271 g/mol. The van der Waals surface area contributed by atoms with Crippen LogP contribution in [0.5, 0.6) is 0 Å². The van der Waals surface area contributed by atoms with Crippen LogP contribution in [0, 0.1) is 28.4 Å². The predicted octanol–water partition coefficient (Wildman–Crippen LogP) is 2.62. The number of hydrogen-bond acceptors (Lipinski definition) is 5. The van der Waals surface area contributed by atoms with Crippen molar-refractivity contribution in [1.82, 2.24) is 0 Å². The van der Waals surface area contributed by atoms with E-state index in [1.165, 1.54) is 30.3 Å². The van der Waals surface area contributed by atoms with Crippen LogP contribution < -0.4 is 5.32 Å². The largest absolute Gasteiger partial charge is 0.444 e. The minimum atomic E-state index is -0.550. The number of nitriles is 1. The van der Waals surface area contributed by atoms with Gasteiger partial charge in [0.15, 0.2) is 0 Å². The molecule has 0 aliphatic carbocycles. The first kappa shape index (κ1) is 13.3. The Morgan fingerprint density at radius 2 is 2.05 bits per heavy atom. The molecule has 0 atom stereocenters. The number of aryl methyl sites for hydroxylation is 1. The molecule has 2 rings (SSSR count). The van der Waals surface area contributed by atoms with Crippen molar-refractivity contribution >= 4 is 17.5 Å². The van der Waals surface area contributed by atoms with Crippen LogP contribution in [0.25, 0.3) is 0 Å². The van der Waals surface area contributed by atoms with Crippen LogP contribution in [0.4, 0.5) is 11.6 Å². The van der Waals surface area contributed by atoms with E-state index in [4.69, 9.17) is 9.68 Å². The summed E-state index contributed by atoms with van der Waals surface area (Å²) in [6.45, 7) is 1.66. The Morgan fingerprint density at radius 3 is 2.60 bits per heavy atom. The predicted molar refractivity (Wildman–Crippen MR) is 69.2 cm³/mol. The summed E-state index contributed by atoms with van der Waals surface area (Å²) < 4.78 is 5.20. The van der Waals surface area contributed by atoms with E-state index in [0.717, 1.165) is 0 Å². The number of non-ortho nitro benzene ring substituents is 1. The van der Waals surface area contributed by atoms with Gasteiger partial charge in [0.25, 0.3) is 11.6 Å². The Hall–Kier alpha value is -3.14. The van der Waals surface area contributed by atoms with E-state index in [2.05, 4.69) is 5.32 Å². The number of nitro groups is 1. The molecule has 0 aliphatic heterocycles. The number of rotatable bonds is 3. The number of carbonyl (C=O) groups excluding carboxylic acids is 1. The molecule has 0 aliphatic rings. The van der Waals surface area contributed by atoms with E-state index in [0.29, 0.717) is 5.76 Å². The van der Waals surface area contributed by atoms with Gasteiger partial charge in [0, 0.05) is 17.7 Å². The molecular formula is C13H9N3O4. The molecule has 1 aromatic heterocycles. The van der Waals surface area contributed by atoms with Crippen LogP contribution in [0.15, 0.2) is 34.7 Å². The SMILES string of the molecule is Cc1cc(C#N)c(NC(=O)c2ccc([N+](=O)[O-])cc2)o1. The van der Waals surface area contributed by atoms with Gasteiger partial charge in [-0.3, -0.25) is 20.2 Å². The van der Waals surface area contributed by atoms with Crippen LogP contribution in [0.1, 0.15) is 21.7 Å². The molecule has 20 heavy (non-hydrogen) atoms. The number of furan rings is 1. The Bertz CT molecular complexity index is 710. The topological polar surface area (TPSA) is 109 Å². The quantitative estimate of drug-likeness (QED) is 0.681. The molecule has 7 heteroatoms. The summed E-state index contributed by atoms with van der Waals surface area (Å²) in [4.78, 5) is 21.9. The minimum Gasteiger partial charge on any atom is -0.444 e. The fourth-order valence-electron chi connectivity index (χ4n) is 1.60. The van der Waals surface area contributed by atoms with Gasteiger partial charge in [-0.1, -0.05) is 0 Å². The van der Waals surface area contributed by atoms with Gasteiger partial charge in [0.05, 0.1) is 4.92 Å². The highest BCUT2D eigenvalue weighted by atomic mass is 16.6. The average Bonchev–Trinajstić information content (AvgIpc) is 2.78. The number of nitrogens with one attached hydrogen (secondary N) is 1. The molecule has 1 amide bonds. The van der Waals surface area contributed by atoms with Gasteiger partial charge in [-0.2, -0.15) is 5.26 Å². The monoisotopic (exact) mass is 271 g/mol. The maximum Gasteiger partial charge on any atom is 0.269 e. The lowest BCUT2D eigenvalue weighted by atomic mass is 10.2. The molecule has 0 radical (unpaired) electrons. The molecule has 0 saturated heterocycles. The van der Waals surface area contributed by atoms with Gasteiger partial charge in [0.1, 0.15) is 17.4 Å². The number of nitrogens with zero attached hydrogens (tertiary/aromatic N) is 2. The van der Waals surface area contributed by atoms with Crippen molar-refractivity contribution in [3.8, 4) is 6.07 Å². The van der Waals surface area contributed by atoms with E-state index in [1.807, 2.05) is 6.07 Å². The second-order valence-electron chi connectivity index (χ2n) is 3.97. The smallest absolute Gasteiger partial charge is 0.269 e. The normalized spacial score (nSPS) is 9.80. The summed E-state index contributed by atoms with van der Waals surface area (Å²) in [5, 5.41) is 21.8. The molecular weight excluding hydrogens is 262 g/mol. The highest BCUT2D eigenvalue weighted by molar-refractivity contribution is 6.04. The van der Waals surface area contributed by atoms with Crippen LogP contribution in [-0.4, -0.2) is 10.8 Å². The van der Waals surface area contributed by atoms with Crippen molar-refractivity contribution in [2.24, 2.45) is 0 Å². The number of carbonyl (C=O) groups is 1. The zero-order valence-corrected chi connectivity index (χ0v) is 10.4. The van der Waals surface area contributed by atoms with Crippen molar-refractivity contribution in [2.75, 3.05) is 5.32 Å². The third-order valence-electron chi connectivity index (χ3n) is 2.54. The molecule has 7 nitrogen and oxygen atoms in total. The summed E-state index contributed by atoms with van der Waals surface area (Å²) in [5.74, 6) is 0.0552. The van der Waals surface area contributed by atoms with Crippen molar-refractivity contribution in [3.05, 3.63) is 57.3 Å². The second kappa shape index (κ2) is 5.24. The molecule has 0 bridgehead atoms. The number of benzene rings is 1. The van der Waals surface area contributed by atoms with E-state index in [1.54, 1.807) is 6.92 Å². The van der Waals surface area contributed by atoms with E-state index >= 15 is 0 Å². The highest BCUT2D eigenvalue weighted by Gasteiger charge is 2.14. The van der Waals surface area contributed by atoms with Gasteiger partial charge in [-0.25, -0.2) is 0 Å². The second-order valence-corrected chi connectivity index (χ2v) is 3.97. The molecule has 0 spiro atoms. The van der Waals surface area contributed by atoms with E-state index in [9.17, 15) is 14.9 Å². The molecule has 1 aromatic carbocycles. The summed E-state index contributed by atoms with van der Waals surface area (Å²) in [6.07, 6.45) is 0. The van der Waals surface area contributed by atoms with Gasteiger partial charge in [0.2, 0.25) is 5.88 Å². The zero-order valence-electron chi connectivity index (χ0n) is 10.4. The molecule has 2 aromatic rings. The van der Waals surface area contributed by atoms with Crippen molar-refractivity contribution in [3.63, 3.8) is 0 Å². The number of anilines is 1. The van der Waals surface area contributed by atoms with Gasteiger partial charge in [-0.05, 0) is 25.1 Å². The lowest BCUT2D eigenvalue weighted by Crippen LogP contribution is -2.12. The minimum absolute atomic E-state index is 0.0633. The Kier molecular flexibility index (Phi) is 3.48. The zero-order chi connectivity index (χ0) is 14.7. The fourth-order valence-corrected chi connectivity index (χ4v) is 1.60. The van der Waals surface area contributed by atoms with Crippen molar-refractivity contribution in [2.45, 2.75) is 6.92 Å². The van der Waals surface area contributed by atoms with Crippen LogP contribution in [-0.2, 0) is 0 Å². The van der Waals surface area contributed by atoms with E-state index < -0.39 is 10.8 Å². The van der Waals surface area contributed by atoms with Gasteiger partial charge < -0.3 is 4.42 Å². The summed E-state index contributed by atoms with van der Waals surface area (Å²) in [7, 11) is 0. The third kappa shape index (κ3) is 2.64. The highest BCUT2D eigenvalue weighted by Crippen LogP contribution is 2.21. The molecule has 0 unspecified atom stereocenters. The lowest BCUT2D eigenvalue weighted by molar-refractivity contribution is -0.384. The first-order valence-corrected chi connectivity index (χ1v) is 5.57. The summed E-state index contributed by atoms with van der Waals surface area (Å²) in [5.41, 5.74) is 0.347.